The van der Waals surface area contributed by atoms with Gasteiger partial charge < -0.3 is 14.9 Å². The van der Waals surface area contributed by atoms with Crippen molar-refractivity contribution in [3.63, 3.8) is 0 Å². The van der Waals surface area contributed by atoms with Crippen molar-refractivity contribution in [3.05, 3.63) is 27.7 Å². The van der Waals surface area contributed by atoms with Crippen molar-refractivity contribution in [3.8, 4) is 5.75 Å². The maximum Gasteiger partial charge on any atom is 0.250 e. The number of benzene rings is 1. The molecule has 0 spiro atoms. The SMILES string of the molecule is Oc1c(Cl)cc(Cl)cc1C=NNc1nc(N2CCCCC2)nc(N2CCCCC2)n1. The van der Waals surface area contributed by atoms with E-state index >= 15 is 0 Å². The van der Waals surface area contributed by atoms with Gasteiger partial charge in [0.1, 0.15) is 5.75 Å². The molecule has 10 heteroatoms. The van der Waals surface area contributed by atoms with Crippen molar-refractivity contribution in [1.82, 2.24) is 15.0 Å². The van der Waals surface area contributed by atoms with Gasteiger partial charge in [-0.3, -0.25) is 0 Å². The van der Waals surface area contributed by atoms with E-state index in [1.165, 1.54) is 25.1 Å². The van der Waals surface area contributed by atoms with E-state index in [0.29, 0.717) is 28.4 Å². The number of nitrogens with zero attached hydrogens (tertiary/aromatic N) is 6. The van der Waals surface area contributed by atoms with E-state index in [2.05, 4.69) is 30.3 Å². The van der Waals surface area contributed by atoms with Crippen LogP contribution in [0.25, 0.3) is 0 Å². The molecular weight excluding hydrogens is 425 g/mol. The summed E-state index contributed by atoms with van der Waals surface area (Å²) < 4.78 is 0. The minimum Gasteiger partial charge on any atom is -0.506 e. The Morgan fingerprint density at radius 3 is 2.00 bits per heavy atom. The van der Waals surface area contributed by atoms with Crippen LogP contribution in [0.3, 0.4) is 0 Å². The van der Waals surface area contributed by atoms with Crippen LogP contribution >= 0.6 is 23.2 Å². The Balaban J connectivity index is 1.58. The minimum absolute atomic E-state index is 0.0784. The van der Waals surface area contributed by atoms with Gasteiger partial charge in [-0.05, 0) is 50.7 Å². The van der Waals surface area contributed by atoms with Gasteiger partial charge in [-0.25, -0.2) is 5.43 Å². The Morgan fingerprint density at radius 2 is 1.43 bits per heavy atom. The lowest BCUT2D eigenvalue weighted by atomic mass is 10.1. The van der Waals surface area contributed by atoms with E-state index in [0.717, 1.165) is 51.9 Å². The molecule has 2 aliphatic rings. The van der Waals surface area contributed by atoms with E-state index in [4.69, 9.17) is 28.2 Å². The first-order valence-electron chi connectivity index (χ1n) is 10.3. The lowest BCUT2D eigenvalue weighted by Crippen LogP contribution is -2.34. The Morgan fingerprint density at radius 1 is 0.867 bits per heavy atom. The lowest BCUT2D eigenvalue weighted by molar-refractivity contribution is 0.475. The fraction of sp³-hybridized carbons (Fsp3) is 0.500. The average molecular weight is 450 g/mol. The van der Waals surface area contributed by atoms with Crippen LogP contribution in [0.4, 0.5) is 17.8 Å². The fourth-order valence-electron chi connectivity index (χ4n) is 3.72. The number of nitrogens with one attached hydrogen (secondary N) is 1. The highest BCUT2D eigenvalue weighted by Crippen LogP contribution is 2.30. The van der Waals surface area contributed by atoms with Crippen molar-refractivity contribution in [2.24, 2.45) is 5.10 Å². The lowest BCUT2D eigenvalue weighted by Gasteiger charge is -2.30. The van der Waals surface area contributed by atoms with Crippen molar-refractivity contribution in [2.75, 3.05) is 41.4 Å². The molecular formula is C20H25Cl2N7O. The number of anilines is 3. The van der Waals surface area contributed by atoms with E-state index in [-0.39, 0.29) is 10.8 Å². The topological polar surface area (TPSA) is 89.8 Å². The molecule has 1 aromatic carbocycles. The molecule has 0 atom stereocenters. The first-order chi connectivity index (χ1) is 14.6. The smallest absolute Gasteiger partial charge is 0.250 e. The molecule has 0 aliphatic carbocycles. The fourth-order valence-corrected chi connectivity index (χ4v) is 4.23. The van der Waals surface area contributed by atoms with Crippen LogP contribution in [-0.2, 0) is 0 Å². The molecule has 2 N–H and O–H groups in total. The molecule has 8 nitrogen and oxygen atoms in total. The van der Waals surface area contributed by atoms with Crippen molar-refractivity contribution in [1.29, 1.82) is 0 Å². The van der Waals surface area contributed by atoms with Gasteiger partial charge in [0, 0.05) is 36.8 Å². The number of phenolic OH excluding ortho intramolecular Hbond substituents is 1. The van der Waals surface area contributed by atoms with Crippen LogP contribution in [-0.4, -0.2) is 52.5 Å². The maximum atomic E-state index is 10.1. The Bertz CT molecular complexity index is 876. The third-order valence-electron chi connectivity index (χ3n) is 5.32. The second-order valence-corrected chi connectivity index (χ2v) is 8.39. The summed E-state index contributed by atoms with van der Waals surface area (Å²) in [4.78, 5) is 18.3. The first kappa shape index (κ1) is 20.9. The molecule has 0 radical (unpaired) electrons. The molecule has 1 aromatic heterocycles. The zero-order valence-electron chi connectivity index (χ0n) is 16.7. The van der Waals surface area contributed by atoms with Gasteiger partial charge in [-0.1, -0.05) is 23.2 Å². The predicted molar refractivity (Wildman–Crippen MR) is 121 cm³/mol. The Kier molecular flexibility index (Phi) is 6.74. The molecule has 2 fully saturated rings. The summed E-state index contributed by atoms with van der Waals surface area (Å²) in [6.07, 6.45) is 8.48. The second kappa shape index (κ2) is 9.66. The summed E-state index contributed by atoms with van der Waals surface area (Å²) in [5.74, 6) is 1.65. The van der Waals surface area contributed by atoms with Gasteiger partial charge in [0.15, 0.2) is 0 Å². The second-order valence-electron chi connectivity index (χ2n) is 7.55. The summed E-state index contributed by atoms with van der Waals surface area (Å²) in [6, 6.07) is 3.06. The van der Waals surface area contributed by atoms with E-state index in [1.54, 1.807) is 6.07 Å². The molecule has 3 heterocycles. The van der Waals surface area contributed by atoms with E-state index in [9.17, 15) is 5.11 Å². The summed E-state index contributed by atoms with van der Waals surface area (Å²) in [5.41, 5.74) is 3.28. The van der Waals surface area contributed by atoms with Gasteiger partial charge in [0.05, 0.1) is 11.2 Å². The largest absolute Gasteiger partial charge is 0.506 e. The highest BCUT2D eigenvalue weighted by Gasteiger charge is 2.20. The Hall–Kier alpha value is -2.32. The number of aromatic nitrogens is 3. The number of halogens is 2. The van der Waals surface area contributed by atoms with Gasteiger partial charge in [-0.2, -0.15) is 20.1 Å². The third kappa shape index (κ3) is 5.05. The number of hydrogen-bond donors (Lipinski definition) is 2. The molecule has 2 aromatic rings. The number of rotatable bonds is 5. The van der Waals surface area contributed by atoms with Gasteiger partial charge in [-0.15, -0.1) is 0 Å². The van der Waals surface area contributed by atoms with Crippen LogP contribution in [0.2, 0.25) is 10.0 Å². The van der Waals surface area contributed by atoms with Crippen LogP contribution in [0.5, 0.6) is 5.75 Å². The zero-order valence-corrected chi connectivity index (χ0v) is 18.2. The third-order valence-corrected chi connectivity index (χ3v) is 5.82. The molecule has 30 heavy (non-hydrogen) atoms. The van der Waals surface area contributed by atoms with Gasteiger partial charge in [0.2, 0.25) is 17.8 Å². The number of hydrazone groups is 1. The molecule has 0 amide bonds. The monoisotopic (exact) mass is 449 g/mol. The van der Waals surface area contributed by atoms with Crippen molar-refractivity contribution >= 4 is 47.3 Å². The van der Waals surface area contributed by atoms with Gasteiger partial charge >= 0.3 is 0 Å². The molecule has 160 valence electrons. The quantitative estimate of drug-likeness (QED) is 0.518. The Labute approximate surface area is 185 Å². The van der Waals surface area contributed by atoms with Gasteiger partial charge in [0.25, 0.3) is 0 Å². The van der Waals surface area contributed by atoms with Crippen molar-refractivity contribution in [2.45, 2.75) is 38.5 Å². The summed E-state index contributed by atoms with van der Waals surface area (Å²) in [7, 11) is 0. The molecule has 4 rings (SSSR count). The molecule has 0 bridgehead atoms. The first-order valence-corrected chi connectivity index (χ1v) is 11.1. The standard InChI is InChI=1S/C20H25Cl2N7O/c21-15-11-14(17(30)16(22)12-15)13-23-27-18-24-19(28-7-3-1-4-8-28)26-20(25-18)29-9-5-2-6-10-29/h11-13,30H,1-10H2,(H,24,25,26,27). The number of piperidine rings is 2. The zero-order chi connectivity index (χ0) is 20.9. The average Bonchev–Trinajstić information content (AvgIpc) is 2.78. The number of hydrogen-bond acceptors (Lipinski definition) is 8. The van der Waals surface area contributed by atoms with E-state index < -0.39 is 0 Å². The number of phenols is 1. The molecule has 0 saturated carbocycles. The normalized spacial score (nSPS) is 17.5. The highest BCUT2D eigenvalue weighted by molar-refractivity contribution is 6.36. The molecule has 2 aliphatic heterocycles. The summed E-state index contributed by atoms with van der Waals surface area (Å²) in [6.45, 7) is 3.78. The minimum atomic E-state index is -0.0784. The van der Waals surface area contributed by atoms with Crippen LogP contribution in [0.15, 0.2) is 17.2 Å². The van der Waals surface area contributed by atoms with E-state index in [1.807, 2.05) is 0 Å². The molecule has 2 saturated heterocycles. The summed E-state index contributed by atoms with van der Waals surface area (Å²) >= 11 is 12.0. The van der Waals surface area contributed by atoms with Crippen LogP contribution in [0, 0.1) is 0 Å². The molecule has 0 unspecified atom stereocenters. The highest BCUT2D eigenvalue weighted by atomic mass is 35.5. The maximum absolute atomic E-state index is 10.1. The van der Waals surface area contributed by atoms with Crippen LogP contribution < -0.4 is 15.2 Å². The number of aromatic hydroxyl groups is 1. The van der Waals surface area contributed by atoms with Crippen LogP contribution in [0.1, 0.15) is 44.1 Å². The van der Waals surface area contributed by atoms with Crippen molar-refractivity contribution < 1.29 is 5.11 Å². The predicted octanol–water partition coefficient (Wildman–Crippen LogP) is 4.31. The summed E-state index contributed by atoms with van der Waals surface area (Å²) in [5, 5.41) is 14.9.